The molecule has 3 nitrogen and oxygen atoms in total. The zero-order chi connectivity index (χ0) is 22.0. The van der Waals surface area contributed by atoms with Crippen molar-refractivity contribution in [1.29, 1.82) is 0 Å². The van der Waals surface area contributed by atoms with Crippen molar-refractivity contribution in [2.75, 3.05) is 0 Å². The highest BCUT2D eigenvalue weighted by Crippen LogP contribution is 2.39. The van der Waals surface area contributed by atoms with Crippen LogP contribution in [0.1, 0.15) is 30.0 Å². The molecule has 0 bridgehead atoms. The lowest BCUT2D eigenvalue weighted by Gasteiger charge is -2.27. The molecule has 3 aromatic rings. The van der Waals surface area contributed by atoms with Gasteiger partial charge >= 0.3 is 6.36 Å². The van der Waals surface area contributed by atoms with Crippen molar-refractivity contribution in [2.24, 2.45) is 0 Å². The number of nitrogens with zero attached hydrogens (tertiary/aromatic N) is 1. The number of carbonyl (C=O) groups is 1. The maximum Gasteiger partial charge on any atom is 0.573 e. The fourth-order valence-electron chi connectivity index (χ4n) is 3.85. The molecule has 6 heteroatoms. The van der Waals surface area contributed by atoms with Crippen LogP contribution in [0.15, 0.2) is 85.4 Å². The molecule has 1 saturated heterocycles. The molecular weight excluding hydrogens is 403 g/mol. The lowest BCUT2D eigenvalue weighted by Crippen LogP contribution is -2.25. The van der Waals surface area contributed by atoms with E-state index in [4.69, 9.17) is 0 Å². The lowest BCUT2D eigenvalue weighted by molar-refractivity contribution is -0.274. The van der Waals surface area contributed by atoms with Crippen molar-refractivity contribution in [3.8, 4) is 16.9 Å². The zero-order valence-electron chi connectivity index (χ0n) is 16.6. The average molecular weight is 423 g/mol. The van der Waals surface area contributed by atoms with Gasteiger partial charge in [0.05, 0.1) is 6.04 Å². The van der Waals surface area contributed by atoms with Gasteiger partial charge in [-0.1, -0.05) is 73.3 Å². The number of alkyl halides is 3. The molecule has 0 aliphatic carbocycles. The zero-order valence-corrected chi connectivity index (χ0v) is 16.6. The van der Waals surface area contributed by atoms with E-state index in [1.165, 1.54) is 12.1 Å². The first-order valence-electron chi connectivity index (χ1n) is 9.84. The molecule has 0 spiro atoms. The van der Waals surface area contributed by atoms with E-state index in [1.807, 2.05) is 54.6 Å². The van der Waals surface area contributed by atoms with Crippen LogP contribution in [0.5, 0.6) is 5.75 Å². The predicted molar refractivity (Wildman–Crippen MR) is 113 cm³/mol. The number of halogens is 3. The number of benzene rings is 3. The number of carbonyl (C=O) groups excluding carboxylic acids is 1. The van der Waals surface area contributed by atoms with Crippen LogP contribution in [-0.4, -0.2) is 17.2 Å². The first kappa shape index (κ1) is 20.7. The van der Waals surface area contributed by atoms with Crippen molar-refractivity contribution in [2.45, 2.75) is 25.2 Å². The third-order valence-electron chi connectivity index (χ3n) is 5.33. The summed E-state index contributed by atoms with van der Waals surface area (Å²) in [5, 5.41) is 0. The SMILES string of the molecule is C=C(c1ccccc1)N1C(=O)CCC1c1ccc(-c2ccc(OC(F)(F)F)cc2)cc1. The summed E-state index contributed by atoms with van der Waals surface area (Å²) in [6, 6.07) is 23.0. The molecule has 1 aliphatic heterocycles. The minimum Gasteiger partial charge on any atom is -0.406 e. The smallest absolute Gasteiger partial charge is 0.406 e. The van der Waals surface area contributed by atoms with Crippen LogP contribution in [-0.2, 0) is 4.79 Å². The Kier molecular flexibility index (Phi) is 5.55. The van der Waals surface area contributed by atoms with Crippen LogP contribution in [0.3, 0.4) is 0 Å². The second-order valence-electron chi connectivity index (χ2n) is 7.33. The third kappa shape index (κ3) is 4.63. The summed E-state index contributed by atoms with van der Waals surface area (Å²) >= 11 is 0. The van der Waals surface area contributed by atoms with E-state index < -0.39 is 6.36 Å². The van der Waals surface area contributed by atoms with Crippen LogP contribution in [0.4, 0.5) is 13.2 Å². The Hall–Kier alpha value is -3.54. The molecule has 1 unspecified atom stereocenters. The average Bonchev–Trinajstić information content (AvgIpc) is 3.15. The second-order valence-corrected chi connectivity index (χ2v) is 7.33. The molecular formula is C25H20F3NO2. The third-order valence-corrected chi connectivity index (χ3v) is 5.33. The van der Waals surface area contributed by atoms with Crippen molar-refractivity contribution in [1.82, 2.24) is 4.90 Å². The summed E-state index contributed by atoms with van der Waals surface area (Å²) < 4.78 is 40.9. The molecule has 0 saturated carbocycles. The highest BCUT2D eigenvalue weighted by molar-refractivity contribution is 5.88. The Balaban J connectivity index is 1.53. The number of hydrogen-bond acceptors (Lipinski definition) is 2. The van der Waals surface area contributed by atoms with Gasteiger partial charge in [0.25, 0.3) is 0 Å². The summed E-state index contributed by atoms with van der Waals surface area (Å²) in [5.41, 5.74) is 4.20. The van der Waals surface area contributed by atoms with E-state index >= 15 is 0 Å². The number of hydrogen-bond donors (Lipinski definition) is 0. The number of amides is 1. The molecule has 3 aromatic carbocycles. The first-order valence-corrected chi connectivity index (χ1v) is 9.84. The molecule has 1 atom stereocenters. The van der Waals surface area contributed by atoms with Gasteiger partial charge in [-0.25, -0.2) is 0 Å². The Labute approximate surface area is 178 Å². The first-order chi connectivity index (χ1) is 14.8. The van der Waals surface area contributed by atoms with E-state index in [2.05, 4.69) is 11.3 Å². The van der Waals surface area contributed by atoms with Gasteiger partial charge in [0.1, 0.15) is 5.75 Å². The lowest BCUT2D eigenvalue weighted by atomic mass is 9.99. The van der Waals surface area contributed by atoms with Gasteiger partial charge in [-0.15, -0.1) is 13.2 Å². The summed E-state index contributed by atoms with van der Waals surface area (Å²) in [4.78, 5) is 14.3. The van der Waals surface area contributed by atoms with Crippen molar-refractivity contribution in [3.63, 3.8) is 0 Å². The van der Waals surface area contributed by atoms with Gasteiger partial charge in [-0.2, -0.15) is 0 Å². The highest BCUT2D eigenvalue weighted by atomic mass is 19.4. The van der Waals surface area contributed by atoms with E-state index in [0.29, 0.717) is 18.5 Å². The fourth-order valence-corrected chi connectivity index (χ4v) is 3.85. The Morgan fingerprint density at radius 3 is 2.06 bits per heavy atom. The maximum absolute atomic E-state index is 12.6. The second kappa shape index (κ2) is 8.30. The van der Waals surface area contributed by atoms with Gasteiger partial charge in [-0.3, -0.25) is 4.79 Å². The van der Waals surface area contributed by atoms with Gasteiger partial charge in [0.15, 0.2) is 0 Å². The number of likely N-dealkylation sites (tertiary alicyclic amines) is 1. The van der Waals surface area contributed by atoms with Crippen LogP contribution in [0.25, 0.3) is 16.8 Å². The molecule has 158 valence electrons. The fraction of sp³-hybridized carbons (Fsp3) is 0.160. The Morgan fingerprint density at radius 2 is 1.48 bits per heavy atom. The van der Waals surface area contributed by atoms with Crippen LogP contribution < -0.4 is 4.74 Å². The molecule has 1 heterocycles. The van der Waals surface area contributed by atoms with Crippen molar-refractivity contribution < 1.29 is 22.7 Å². The minimum absolute atomic E-state index is 0.0446. The number of rotatable bonds is 5. The van der Waals surface area contributed by atoms with Crippen molar-refractivity contribution >= 4 is 11.6 Å². The topological polar surface area (TPSA) is 29.5 Å². The highest BCUT2D eigenvalue weighted by Gasteiger charge is 2.34. The molecule has 1 fully saturated rings. The summed E-state index contributed by atoms with van der Waals surface area (Å²) in [6.45, 7) is 4.14. The van der Waals surface area contributed by atoms with E-state index in [-0.39, 0.29) is 17.7 Å². The van der Waals surface area contributed by atoms with Crippen molar-refractivity contribution in [3.05, 3.63) is 96.6 Å². The molecule has 0 aromatic heterocycles. The molecule has 31 heavy (non-hydrogen) atoms. The molecule has 1 aliphatic rings. The summed E-state index contributed by atoms with van der Waals surface area (Å²) in [7, 11) is 0. The molecule has 4 rings (SSSR count). The Bertz CT molecular complexity index is 1070. The summed E-state index contributed by atoms with van der Waals surface area (Å²) in [6.07, 6.45) is -3.55. The number of ether oxygens (including phenoxy) is 1. The van der Waals surface area contributed by atoms with Crippen LogP contribution in [0.2, 0.25) is 0 Å². The van der Waals surface area contributed by atoms with Gasteiger partial charge in [-0.05, 0) is 40.8 Å². The normalized spacial score (nSPS) is 16.4. The van der Waals surface area contributed by atoms with Crippen LogP contribution >= 0.6 is 0 Å². The predicted octanol–water partition coefficient (Wildman–Crippen LogP) is 6.59. The summed E-state index contributed by atoms with van der Waals surface area (Å²) in [5.74, 6) is -0.212. The van der Waals surface area contributed by atoms with E-state index in [0.717, 1.165) is 22.3 Å². The van der Waals surface area contributed by atoms with E-state index in [1.54, 1.807) is 17.0 Å². The molecule has 0 radical (unpaired) electrons. The van der Waals surface area contributed by atoms with E-state index in [9.17, 15) is 18.0 Å². The standard InChI is InChI=1S/C25H20F3NO2/c1-17(18-5-3-2-4-6-18)29-23(15-16-24(29)30)21-9-7-19(8-10-21)20-11-13-22(14-12-20)31-25(26,27)28/h2-14,23H,1,15-16H2. The maximum atomic E-state index is 12.6. The van der Waals surface area contributed by atoms with Gasteiger partial charge in [0, 0.05) is 12.1 Å². The molecule has 1 amide bonds. The quantitative estimate of drug-likeness (QED) is 0.464. The Morgan fingerprint density at radius 1 is 0.903 bits per heavy atom. The monoisotopic (exact) mass is 423 g/mol. The van der Waals surface area contributed by atoms with Crippen LogP contribution in [0, 0.1) is 0 Å². The molecule has 0 N–H and O–H groups in total. The van der Waals surface area contributed by atoms with Gasteiger partial charge in [0.2, 0.25) is 5.91 Å². The largest absolute Gasteiger partial charge is 0.573 e. The van der Waals surface area contributed by atoms with Gasteiger partial charge < -0.3 is 9.64 Å². The minimum atomic E-state index is -4.71.